The first kappa shape index (κ1) is 39.8. The molecule has 2 fully saturated rings. The van der Waals surface area contributed by atoms with Gasteiger partial charge in [-0.15, -0.1) is 0 Å². The molecule has 0 aliphatic carbocycles. The lowest BCUT2D eigenvalue weighted by atomic mass is 9.68. The maximum Gasteiger partial charge on any atom is 0.435 e. The van der Waals surface area contributed by atoms with Crippen LogP contribution in [0, 0.1) is 26.1 Å². The zero-order chi connectivity index (χ0) is 38.4. The van der Waals surface area contributed by atoms with Crippen molar-refractivity contribution in [3.63, 3.8) is 0 Å². The highest BCUT2D eigenvalue weighted by atomic mass is 32.2. The quantitative estimate of drug-likeness (QED) is 0.0414. The number of nitro groups is 2. The van der Waals surface area contributed by atoms with Crippen molar-refractivity contribution in [3.8, 4) is 0 Å². The summed E-state index contributed by atoms with van der Waals surface area (Å²) in [5.74, 6) is -3.72. The summed E-state index contributed by atoms with van der Waals surface area (Å²) >= 11 is 0.963. The van der Waals surface area contributed by atoms with Gasteiger partial charge in [0.15, 0.2) is 13.4 Å². The Labute approximate surface area is 303 Å². The summed E-state index contributed by atoms with van der Waals surface area (Å²) in [5, 5.41) is 23.6. The van der Waals surface area contributed by atoms with Crippen LogP contribution in [0.4, 0.5) is 16.2 Å². The standard InChI is InChI=1S/C33H39N5O12SSi/c1-20(50-52(3,4)5)28-30(41)35-33(28,29(40)31(42)48-18-22-6-10-24(11-7-22)37(44)45)16-27(39)51-26-14-15-36(17-26)21(2)34-32(43)49-19-23-8-12-25(13-9-23)38(46)47/h6-13,20,26,28H,14-19H2,1-5H3,(H,35,41)/b34-21+/t20-,26+,28+,33+/m1/s1. The Balaban J connectivity index is 1.39. The smallest absolute Gasteiger partial charge is 0.435 e. The molecule has 278 valence electrons. The molecule has 2 aromatic carbocycles. The number of carbonyl (C=O) groups is 5. The van der Waals surface area contributed by atoms with Crippen molar-refractivity contribution in [2.24, 2.45) is 10.9 Å². The number of Topliss-reactive ketones (excluding diaryl/α,β-unsaturated/α-hetero) is 1. The van der Waals surface area contributed by atoms with Crippen LogP contribution < -0.4 is 5.32 Å². The van der Waals surface area contributed by atoms with Gasteiger partial charge in [0.05, 0.1) is 21.9 Å². The molecular weight excluding hydrogens is 719 g/mol. The van der Waals surface area contributed by atoms with E-state index in [9.17, 15) is 44.2 Å². The van der Waals surface area contributed by atoms with E-state index in [0.29, 0.717) is 36.5 Å². The molecule has 2 heterocycles. The highest BCUT2D eigenvalue weighted by Gasteiger charge is 2.64. The Morgan fingerprint density at radius 3 is 2.02 bits per heavy atom. The van der Waals surface area contributed by atoms with Gasteiger partial charge in [-0.25, -0.2) is 9.59 Å². The van der Waals surface area contributed by atoms with Gasteiger partial charge in [0.25, 0.3) is 17.2 Å². The maximum atomic E-state index is 13.8. The zero-order valence-electron chi connectivity index (χ0n) is 29.2. The lowest BCUT2D eigenvalue weighted by molar-refractivity contribution is -0.385. The number of β-lactam (4-membered cyclic amide) rings is 1. The highest BCUT2D eigenvalue weighted by molar-refractivity contribution is 8.14. The molecule has 17 nitrogen and oxygen atoms in total. The number of hydrogen-bond donors (Lipinski definition) is 1. The van der Waals surface area contributed by atoms with E-state index in [1.165, 1.54) is 48.5 Å². The molecule has 2 aromatic rings. The van der Waals surface area contributed by atoms with E-state index in [2.05, 4.69) is 10.3 Å². The Kier molecular flexibility index (Phi) is 12.7. The van der Waals surface area contributed by atoms with Crippen LogP contribution in [0.3, 0.4) is 0 Å². The van der Waals surface area contributed by atoms with E-state index in [1.54, 1.807) is 18.7 Å². The van der Waals surface area contributed by atoms with Gasteiger partial charge in [0.2, 0.25) is 5.91 Å². The summed E-state index contributed by atoms with van der Waals surface area (Å²) < 4.78 is 16.5. The number of ether oxygens (including phenoxy) is 2. The highest BCUT2D eigenvalue weighted by Crippen LogP contribution is 2.39. The Morgan fingerprint density at radius 2 is 1.52 bits per heavy atom. The summed E-state index contributed by atoms with van der Waals surface area (Å²) in [6.07, 6.45) is -1.63. The molecule has 0 spiro atoms. The molecule has 19 heteroatoms. The Bertz CT molecular complexity index is 1770. The van der Waals surface area contributed by atoms with E-state index >= 15 is 0 Å². The first-order valence-corrected chi connectivity index (χ1v) is 20.5. The number of carbonyl (C=O) groups excluding carboxylic acids is 5. The fourth-order valence-corrected chi connectivity index (χ4v) is 8.38. The average Bonchev–Trinajstić information content (AvgIpc) is 3.53. The SMILES string of the molecule is C/C(=N\C(=O)OCc1ccc([N+](=O)[O-])cc1)N1CC[C@H](SC(=O)C[C@]2(C(=O)C(=O)OCc3ccc([N+](=O)[O-])cc3)NC(=O)[C@@H]2[C@@H](C)O[Si](C)(C)C)C1. The van der Waals surface area contributed by atoms with Crippen molar-refractivity contribution < 1.29 is 47.7 Å². The van der Waals surface area contributed by atoms with E-state index in [4.69, 9.17) is 13.9 Å². The van der Waals surface area contributed by atoms with Gasteiger partial charge in [-0.1, -0.05) is 11.8 Å². The number of aliphatic imine (C=N–C) groups is 1. The van der Waals surface area contributed by atoms with Crippen molar-refractivity contribution in [1.29, 1.82) is 0 Å². The third-order valence-corrected chi connectivity index (χ3v) is 10.6. The second-order valence-electron chi connectivity index (χ2n) is 13.4. The van der Waals surface area contributed by atoms with Gasteiger partial charge >= 0.3 is 12.1 Å². The molecule has 4 atom stereocenters. The first-order chi connectivity index (χ1) is 24.4. The fourth-order valence-electron chi connectivity index (χ4n) is 5.97. The largest absolute Gasteiger partial charge is 0.455 e. The number of ketones is 1. The van der Waals surface area contributed by atoms with Crippen molar-refractivity contribution >= 4 is 66.2 Å². The van der Waals surface area contributed by atoms with Gasteiger partial charge < -0.3 is 24.1 Å². The van der Waals surface area contributed by atoms with Crippen LogP contribution in [0.5, 0.6) is 0 Å². The van der Waals surface area contributed by atoms with Gasteiger partial charge in [0, 0.05) is 49.0 Å². The Morgan fingerprint density at radius 1 is 0.981 bits per heavy atom. The molecule has 2 aliphatic rings. The number of non-ortho nitro benzene ring substituents is 2. The van der Waals surface area contributed by atoms with Gasteiger partial charge in [0.1, 0.15) is 24.6 Å². The number of nitro benzene ring substituents is 2. The Hall–Kier alpha value is -5.01. The summed E-state index contributed by atoms with van der Waals surface area (Å²) in [5.41, 5.74) is -1.23. The number of likely N-dealkylation sites (tertiary alicyclic amines) is 1. The molecule has 0 saturated carbocycles. The number of rotatable bonds is 14. The number of amidine groups is 1. The number of esters is 1. The van der Waals surface area contributed by atoms with E-state index < -0.39 is 71.0 Å². The molecule has 1 N–H and O–H groups in total. The molecule has 0 bridgehead atoms. The van der Waals surface area contributed by atoms with Crippen molar-refractivity contribution in [1.82, 2.24) is 10.2 Å². The van der Waals surface area contributed by atoms with Gasteiger partial charge in [-0.3, -0.25) is 34.6 Å². The van der Waals surface area contributed by atoms with Gasteiger partial charge in [-0.2, -0.15) is 4.99 Å². The van der Waals surface area contributed by atoms with Crippen LogP contribution in [0.2, 0.25) is 19.6 Å². The third kappa shape index (κ3) is 10.1. The third-order valence-electron chi connectivity index (χ3n) is 8.36. The van der Waals surface area contributed by atoms with Gasteiger partial charge in [-0.05, 0) is 75.3 Å². The lowest BCUT2D eigenvalue weighted by Crippen LogP contribution is -2.77. The topological polar surface area (TPSA) is 227 Å². The predicted molar refractivity (Wildman–Crippen MR) is 190 cm³/mol. The summed E-state index contributed by atoms with van der Waals surface area (Å²) in [4.78, 5) is 92.2. The van der Waals surface area contributed by atoms with E-state index in [1.807, 2.05) is 19.6 Å². The van der Waals surface area contributed by atoms with Crippen LogP contribution >= 0.6 is 11.8 Å². The van der Waals surface area contributed by atoms with Crippen molar-refractivity contribution in [2.75, 3.05) is 13.1 Å². The molecule has 0 unspecified atom stereocenters. The number of benzene rings is 2. The van der Waals surface area contributed by atoms with Crippen molar-refractivity contribution in [2.45, 2.75) is 76.4 Å². The zero-order valence-corrected chi connectivity index (χ0v) is 31.0. The second kappa shape index (κ2) is 16.6. The molecule has 52 heavy (non-hydrogen) atoms. The maximum absolute atomic E-state index is 13.8. The molecule has 0 radical (unpaired) electrons. The number of thioether (sulfide) groups is 1. The molecule has 2 amide bonds. The van der Waals surface area contributed by atoms with Crippen LogP contribution in [0.15, 0.2) is 53.5 Å². The van der Waals surface area contributed by atoms with E-state index in [0.717, 1.165) is 11.8 Å². The van der Waals surface area contributed by atoms with Crippen molar-refractivity contribution in [3.05, 3.63) is 79.9 Å². The van der Waals surface area contributed by atoms with Crippen LogP contribution in [-0.4, -0.2) is 87.8 Å². The number of hydrogen-bond acceptors (Lipinski definition) is 13. The summed E-state index contributed by atoms with van der Waals surface area (Å²) in [7, 11) is -2.24. The fraction of sp³-hybridized carbons (Fsp3) is 0.455. The number of amides is 2. The summed E-state index contributed by atoms with van der Waals surface area (Å²) in [6.45, 7) is 9.25. The minimum atomic E-state index is -2.24. The summed E-state index contributed by atoms with van der Waals surface area (Å²) in [6, 6.07) is 10.8. The first-order valence-electron chi connectivity index (χ1n) is 16.2. The number of nitrogens with zero attached hydrogens (tertiary/aromatic N) is 4. The minimum absolute atomic E-state index is 0.0899. The van der Waals surface area contributed by atoms with Crippen LogP contribution in [0.1, 0.15) is 37.8 Å². The normalized spacial score (nSPS) is 20.7. The minimum Gasteiger partial charge on any atom is -0.455 e. The number of nitrogens with one attached hydrogen (secondary N) is 1. The predicted octanol–water partition coefficient (Wildman–Crippen LogP) is 4.32. The monoisotopic (exact) mass is 757 g/mol. The molecule has 2 saturated heterocycles. The second-order valence-corrected chi connectivity index (χ2v) is 19.2. The molecule has 4 rings (SSSR count). The molecule has 2 aliphatic heterocycles. The van der Waals surface area contributed by atoms with Crippen LogP contribution in [0.25, 0.3) is 0 Å². The molecule has 0 aromatic heterocycles. The van der Waals surface area contributed by atoms with E-state index in [-0.39, 0.29) is 29.8 Å². The molecular formula is C33H39N5O12SSi. The average molecular weight is 758 g/mol. The van der Waals surface area contributed by atoms with Crippen LogP contribution in [-0.2, 0) is 46.3 Å². The lowest BCUT2D eigenvalue weighted by Gasteiger charge is -2.50.